The maximum absolute atomic E-state index is 11.6. The largest absolute Gasteiger partial charge is 0.472 e. The van der Waals surface area contributed by atoms with Gasteiger partial charge < -0.3 is 4.42 Å². The summed E-state index contributed by atoms with van der Waals surface area (Å²) >= 11 is 6.36. The van der Waals surface area contributed by atoms with E-state index in [0.717, 1.165) is 36.3 Å². The van der Waals surface area contributed by atoms with Crippen molar-refractivity contribution in [3.8, 4) is 11.1 Å². The lowest BCUT2D eigenvalue weighted by atomic mass is 9.78. The molecule has 28 heavy (non-hydrogen) atoms. The summed E-state index contributed by atoms with van der Waals surface area (Å²) in [5.74, 6) is 0.195. The highest BCUT2D eigenvalue weighted by molar-refractivity contribution is 6.31. The molecule has 3 heteroatoms. The fraction of sp³-hybridized carbons (Fsp3) is 0.240. The van der Waals surface area contributed by atoms with Gasteiger partial charge in [0.1, 0.15) is 0 Å². The van der Waals surface area contributed by atoms with Gasteiger partial charge in [-0.1, -0.05) is 35.9 Å². The number of ketones is 1. The van der Waals surface area contributed by atoms with Gasteiger partial charge in [-0.05, 0) is 102 Å². The number of carbonyl (C=O) groups is 1. The van der Waals surface area contributed by atoms with Crippen LogP contribution in [0.3, 0.4) is 0 Å². The third-order valence-corrected chi connectivity index (χ3v) is 5.95. The lowest BCUT2D eigenvalue weighted by molar-refractivity contribution is -0.113. The van der Waals surface area contributed by atoms with Gasteiger partial charge in [-0.25, -0.2) is 0 Å². The van der Waals surface area contributed by atoms with Crippen molar-refractivity contribution in [3.63, 3.8) is 0 Å². The Morgan fingerprint density at radius 3 is 2.36 bits per heavy atom. The summed E-state index contributed by atoms with van der Waals surface area (Å²) in [4.78, 5) is 11.6. The van der Waals surface area contributed by atoms with Crippen LogP contribution in [0.2, 0.25) is 5.02 Å². The molecule has 2 aliphatic rings. The number of fused-ring (bicyclic) bond motifs is 5. The van der Waals surface area contributed by atoms with Gasteiger partial charge in [-0.3, -0.25) is 4.79 Å². The number of Topliss-reactive ketones (excluding diaryl/α,β-unsaturated/α-hetero) is 1. The lowest BCUT2D eigenvalue weighted by Crippen LogP contribution is -2.12. The molecule has 0 aliphatic heterocycles. The quantitative estimate of drug-likeness (QED) is 0.467. The van der Waals surface area contributed by atoms with Crippen molar-refractivity contribution >= 4 is 23.5 Å². The van der Waals surface area contributed by atoms with E-state index in [1.54, 1.807) is 19.5 Å². The molecule has 0 bridgehead atoms. The number of rotatable bonds is 1. The highest BCUT2D eigenvalue weighted by Gasteiger charge is 2.23. The molecule has 0 fully saturated rings. The molecule has 3 aromatic rings. The summed E-state index contributed by atoms with van der Waals surface area (Å²) in [6.45, 7) is 3.65. The Balaban J connectivity index is 0.000000275. The molecule has 0 unspecified atom stereocenters. The summed E-state index contributed by atoms with van der Waals surface area (Å²) in [6.07, 6.45) is 9.32. The van der Waals surface area contributed by atoms with E-state index in [0.29, 0.717) is 0 Å². The molecule has 5 rings (SSSR count). The highest BCUT2D eigenvalue weighted by Crippen LogP contribution is 2.41. The van der Waals surface area contributed by atoms with E-state index in [1.807, 2.05) is 25.1 Å². The van der Waals surface area contributed by atoms with E-state index < -0.39 is 0 Å². The topological polar surface area (TPSA) is 30.2 Å². The van der Waals surface area contributed by atoms with Crippen LogP contribution < -0.4 is 0 Å². The molecular formula is C25H23ClO2. The smallest absolute Gasteiger partial charge is 0.155 e. The second-order valence-electron chi connectivity index (χ2n) is 7.45. The summed E-state index contributed by atoms with van der Waals surface area (Å²) in [7, 11) is 0. The standard InChI is InChI=1S/C20H17ClO.C5H6O/c1-12(22)13-5-7-15-14(11-13)6-8-18-16-3-2-4-20(21)19(16)10-9-17(15)18;1-5-2-3-6-4-5/h2-4,6,8,11H,5,7,9-10H2,1H3;2-4H,1H3. The van der Waals surface area contributed by atoms with Crippen LogP contribution in [0.5, 0.6) is 0 Å². The van der Waals surface area contributed by atoms with E-state index in [4.69, 9.17) is 16.0 Å². The molecule has 0 saturated heterocycles. The van der Waals surface area contributed by atoms with Gasteiger partial charge in [0.05, 0.1) is 12.5 Å². The minimum absolute atomic E-state index is 0.195. The first kappa shape index (κ1) is 18.8. The average Bonchev–Trinajstić information content (AvgIpc) is 3.18. The van der Waals surface area contributed by atoms with Crippen LogP contribution in [0.25, 0.3) is 17.2 Å². The van der Waals surface area contributed by atoms with Crippen molar-refractivity contribution in [2.24, 2.45) is 0 Å². The fourth-order valence-electron chi connectivity index (χ4n) is 4.12. The van der Waals surface area contributed by atoms with E-state index >= 15 is 0 Å². The third-order valence-electron chi connectivity index (χ3n) is 5.59. The van der Waals surface area contributed by atoms with E-state index in [9.17, 15) is 4.79 Å². The first-order chi connectivity index (χ1) is 13.5. The van der Waals surface area contributed by atoms with Crippen molar-refractivity contribution in [3.05, 3.63) is 87.3 Å². The molecule has 142 valence electrons. The Morgan fingerprint density at radius 1 is 0.929 bits per heavy atom. The number of benzene rings is 2. The number of hydrogen-bond donors (Lipinski definition) is 0. The van der Waals surface area contributed by atoms with E-state index in [1.165, 1.54) is 38.9 Å². The molecular weight excluding hydrogens is 368 g/mol. The normalized spacial score (nSPS) is 14.0. The van der Waals surface area contributed by atoms with Gasteiger partial charge >= 0.3 is 0 Å². The summed E-state index contributed by atoms with van der Waals surface area (Å²) < 4.78 is 4.71. The molecule has 0 N–H and O–H groups in total. The van der Waals surface area contributed by atoms with Crippen LogP contribution in [0, 0.1) is 6.92 Å². The highest BCUT2D eigenvalue weighted by atomic mass is 35.5. The molecule has 0 radical (unpaired) electrons. The number of furan rings is 1. The van der Waals surface area contributed by atoms with E-state index in [-0.39, 0.29) is 5.78 Å². The second-order valence-corrected chi connectivity index (χ2v) is 7.86. The summed E-state index contributed by atoms with van der Waals surface area (Å²) in [6, 6.07) is 12.5. The zero-order chi connectivity index (χ0) is 19.7. The van der Waals surface area contributed by atoms with Crippen molar-refractivity contribution in [2.75, 3.05) is 0 Å². The number of allylic oxidation sites excluding steroid dienone is 1. The Labute approximate surface area is 170 Å². The minimum atomic E-state index is 0.195. The zero-order valence-electron chi connectivity index (χ0n) is 16.2. The maximum Gasteiger partial charge on any atom is 0.155 e. The van der Waals surface area contributed by atoms with Gasteiger partial charge in [-0.2, -0.15) is 0 Å². The number of carbonyl (C=O) groups excluding carboxylic acids is 1. The van der Waals surface area contributed by atoms with Gasteiger partial charge in [0.2, 0.25) is 0 Å². The third kappa shape index (κ3) is 3.57. The number of aryl methyl sites for hydroxylation is 1. The minimum Gasteiger partial charge on any atom is -0.472 e. The monoisotopic (exact) mass is 390 g/mol. The number of hydrogen-bond acceptors (Lipinski definition) is 2. The van der Waals surface area contributed by atoms with Crippen LogP contribution in [0.1, 0.15) is 41.2 Å². The first-order valence-corrected chi connectivity index (χ1v) is 10.0. The lowest BCUT2D eigenvalue weighted by Gasteiger charge is -2.26. The van der Waals surface area contributed by atoms with Crippen molar-refractivity contribution in [1.29, 1.82) is 0 Å². The van der Waals surface area contributed by atoms with Gasteiger partial charge in [0, 0.05) is 5.02 Å². The summed E-state index contributed by atoms with van der Waals surface area (Å²) in [5, 5.41) is 0.875. The SMILES string of the molecule is CC(=O)C1=Cc2ccc3c(c2CC1)CCc1c(Cl)cccc1-3.Cc1ccoc1. The van der Waals surface area contributed by atoms with Crippen molar-refractivity contribution in [1.82, 2.24) is 0 Å². The first-order valence-electron chi connectivity index (χ1n) is 9.67. The number of halogens is 1. The Hall–Kier alpha value is -2.58. The Morgan fingerprint density at radius 2 is 1.68 bits per heavy atom. The summed E-state index contributed by atoms with van der Waals surface area (Å²) in [5.41, 5.74) is 10.1. The predicted molar refractivity (Wildman–Crippen MR) is 115 cm³/mol. The van der Waals surface area contributed by atoms with Crippen LogP contribution >= 0.6 is 11.6 Å². The van der Waals surface area contributed by atoms with Crippen LogP contribution in [0.15, 0.2) is 58.9 Å². The van der Waals surface area contributed by atoms with Gasteiger partial charge in [0.15, 0.2) is 5.78 Å². The molecule has 2 nitrogen and oxygen atoms in total. The Bertz CT molecular complexity index is 1060. The predicted octanol–water partition coefficient (Wildman–Crippen LogP) is 6.61. The molecule has 2 aromatic carbocycles. The van der Waals surface area contributed by atoms with Crippen LogP contribution in [0.4, 0.5) is 0 Å². The fourth-order valence-corrected chi connectivity index (χ4v) is 4.39. The maximum atomic E-state index is 11.6. The van der Waals surface area contributed by atoms with Gasteiger partial charge in [0.25, 0.3) is 0 Å². The van der Waals surface area contributed by atoms with Crippen molar-refractivity contribution in [2.45, 2.75) is 39.5 Å². The molecule has 0 spiro atoms. The van der Waals surface area contributed by atoms with Crippen LogP contribution in [-0.4, -0.2) is 5.78 Å². The zero-order valence-corrected chi connectivity index (χ0v) is 17.0. The molecule has 1 aromatic heterocycles. The second kappa shape index (κ2) is 7.81. The van der Waals surface area contributed by atoms with E-state index in [2.05, 4.69) is 24.3 Å². The average molecular weight is 391 g/mol. The molecule has 0 saturated carbocycles. The molecule has 2 aliphatic carbocycles. The van der Waals surface area contributed by atoms with Crippen molar-refractivity contribution < 1.29 is 9.21 Å². The van der Waals surface area contributed by atoms with Gasteiger partial charge in [-0.15, -0.1) is 0 Å². The molecule has 1 heterocycles. The molecule has 0 atom stereocenters. The van der Waals surface area contributed by atoms with Crippen LogP contribution in [-0.2, 0) is 24.1 Å². The Kier molecular flexibility index (Phi) is 5.23. The molecule has 0 amide bonds.